The lowest BCUT2D eigenvalue weighted by atomic mass is 9.75. The molecule has 0 saturated carbocycles. The molecule has 20 heavy (non-hydrogen) atoms. The monoisotopic (exact) mass is 274 g/mol. The van der Waals surface area contributed by atoms with Gasteiger partial charge in [-0.1, -0.05) is 29.5 Å². The fourth-order valence-electron chi connectivity index (χ4n) is 2.45. The van der Waals surface area contributed by atoms with Crippen LogP contribution in [0.4, 0.5) is 0 Å². The molecule has 6 heteroatoms. The number of aliphatic carboxylic acids is 1. The summed E-state index contributed by atoms with van der Waals surface area (Å²) in [6.07, 6.45) is 1.93. The van der Waals surface area contributed by atoms with Crippen molar-refractivity contribution in [2.24, 2.45) is 12.8 Å². The molecular formula is C14H18N4O2. The summed E-state index contributed by atoms with van der Waals surface area (Å²) in [7, 11) is 1.75. The van der Waals surface area contributed by atoms with Crippen molar-refractivity contribution in [1.82, 2.24) is 15.0 Å². The zero-order valence-corrected chi connectivity index (χ0v) is 11.6. The van der Waals surface area contributed by atoms with Crippen LogP contribution in [0.2, 0.25) is 0 Å². The normalized spacial score (nSPS) is 13.9. The molecule has 1 atom stereocenters. The first-order valence-electron chi connectivity index (χ1n) is 6.34. The highest BCUT2D eigenvalue weighted by atomic mass is 16.4. The van der Waals surface area contributed by atoms with Crippen LogP contribution in [0.1, 0.15) is 16.8 Å². The van der Waals surface area contributed by atoms with E-state index >= 15 is 0 Å². The van der Waals surface area contributed by atoms with Gasteiger partial charge in [0.15, 0.2) is 0 Å². The molecule has 1 aromatic heterocycles. The Morgan fingerprint density at radius 1 is 1.45 bits per heavy atom. The average Bonchev–Trinajstić information content (AvgIpc) is 2.82. The number of carboxylic acid groups (broad SMARTS) is 1. The van der Waals surface area contributed by atoms with Gasteiger partial charge in [-0.05, 0) is 18.1 Å². The molecule has 1 unspecified atom stereocenters. The summed E-state index contributed by atoms with van der Waals surface area (Å²) >= 11 is 0. The number of aromatic nitrogens is 3. The number of carboxylic acids is 1. The van der Waals surface area contributed by atoms with E-state index in [1.807, 2.05) is 31.2 Å². The quantitative estimate of drug-likeness (QED) is 0.834. The summed E-state index contributed by atoms with van der Waals surface area (Å²) in [5.41, 5.74) is 6.89. The van der Waals surface area contributed by atoms with Gasteiger partial charge in [-0.15, -0.1) is 5.10 Å². The molecule has 0 amide bonds. The molecule has 0 spiro atoms. The zero-order valence-electron chi connectivity index (χ0n) is 11.6. The van der Waals surface area contributed by atoms with Crippen molar-refractivity contribution >= 4 is 5.97 Å². The summed E-state index contributed by atoms with van der Waals surface area (Å²) in [5, 5.41) is 17.6. The van der Waals surface area contributed by atoms with E-state index in [1.54, 1.807) is 17.9 Å². The zero-order chi connectivity index (χ0) is 14.8. The topological polar surface area (TPSA) is 94.0 Å². The Labute approximate surface area is 117 Å². The van der Waals surface area contributed by atoms with Gasteiger partial charge < -0.3 is 10.8 Å². The lowest BCUT2D eigenvalue weighted by Gasteiger charge is -2.29. The Morgan fingerprint density at radius 2 is 2.15 bits per heavy atom. The maximum absolute atomic E-state index is 11.9. The van der Waals surface area contributed by atoms with Crippen LogP contribution in [-0.2, 0) is 23.7 Å². The van der Waals surface area contributed by atoms with Gasteiger partial charge in [-0.25, -0.2) is 0 Å². The van der Waals surface area contributed by atoms with E-state index in [-0.39, 0.29) is 13.0 Å². The van der Waals surface area contributed by atoms with Crippen LogP contribution >= 0.6 is 0 Å². The Morgan fingerprint density at radius 3 is 2.65 bits per heavy atom. The molecule has 2 aromatic rings. The average molecular weight is 274 g/mol. The molecule has 0 bridgehead atoms. The minimum atomic E-state index is -1.18. The minimum absolute atomic E-state index is 0.00373. The fraction of sp³-hybridized carbons (Fsp3) is 0.357. The lowest BCUT2D eigenvalue weighted by Crippen LogP contribution is -2.45. The Balaban J connectivity index is 2.51. The first-order valence-corrected chi connectivity index (χ1v) is 6.34. The van der Waals surface area contributed by atoms with Crippen molar-refractivity contribution in [2.45, 2.75) is 18.8 Å². The van der Waals surface area contributed by atoms with Gasteiger partial charge in [0.1, 0.15) is 5.41 Å². The van der Waals surface area contributed by atoms with Crippen LogP contribution in [0.25, 0.3) is 0 Å². The molecule has 0 aliphatic rings. The van der Waals surface area contributed by atoms with Gasteiger partial charge in [-0.3, -0.25) is 9.48 Å². The standard InChI is InChI=1S/C14H18N4O2/c1-10-5-3-4-6-12(10)14(9-15,13(19)20)7-11-8-18(2)17-16-11/h3-6,8H,7,9,15H2,1-2H3,(H,19,20). The smallest absolute Gasteiger partial charge is 0.315 e. The fourth-order valence-corrected chi connectivity index (χ4v) is 2.45. The number of hydrogen-bond acceptors (Lipinski definition) is 4. The van der Waals surface area contributed by atoms with Gasteiger partial charge in [0.2, 0.25) is 0 Å². The van der Waals surface area contributed by atoms with Gasteiger partial charge in [-0.2, -0.15) is 0 Å². The number of carbonyl (C=O) groups is 1. The summed E-state index contributed by atoms with van der Waals surface area (Å²) in [6, 6.07) is 7.41. The molecule has 0 radical (unpaired) electrons. The largest absolute Gasteiger partial charge is 0.481 e. The second-order valence-corrected chi connectivity index (χ2v) is 4.97. The second kappa shape index (κ2) is 5.42. The SMILES string of the molecule is Cc1ccccc1C(CN)(Cc1cn(C)nn1)C(=O)O. The second-order valence-electron chi connectivity index (χ2n) is 4.97. The summed E-state index contributed by atoms with van der Waals surface area (Å²) in [6.45, 7) is 1.89. The Kier molecular flexibility index (Phi) is 3.85. The molecular weight excluding hydrogens is 256 g/mol. The highest BCUT2D eigenvalue weighted by molar-refractivity contribution is 5.82. The molecule has 106 valence electrons. The number of aryl methyl sites for hydroxylation is 2. The first-order chi connectivity index (χ1) is 9.49. The molecule has 1 heterocycles. The third-order valence-corrected chi connectivity index (χ3v) is 3.55. The van der Waals surface area contributed by atoms with Crippen LogP contribution in [0, 0.1) is 6.92 Å². The van der Waals surface area contributed by atoms with Crippen LogP contribution in [0.15, 0.2) is 30.5 Å². The predicted molar refractivity (Wildman–Crippen MR) is 74.3 cm³/mol. The van der Waals surface area contributed by atoms with E-state index in [0.29, 0.717) is 5.69 Å². The minimum Gasteiger partial charge on any atom is -0.481 e. The molecule has 0 aliphatic carbocycles. The number of benzene rings is 1. The number of hydrogen-bond donors (Lipinski definition) is 2. The molecule has 3 N–H and O–H groups in total. The summed E-state index contributed by atoms with van der Waals surface area (Å²) in [5.74, 6) is -0.944. The van der Waals surface area contributed by atoms with Crippen LogP contribution in [0.5, 0.6) is 0 Å². The van der Waals surface area contributed by atoms with E-state index in [4.69, 9.17) is 5.73 Å². The van der Waals surface area contributed by atoms with Crippen molar-refractivity contribution in [2.75, 3.05) is 6.54 Å². The first kappa shape index (κ1) is 14.2. The summed E-state index contributed by atoms with van der Waals surface area (Å²) in [4.78, 5) is 11.9. The number of nitrogens with two attached hydrogens (primary N) is 1. The Hall–Kier alpha value is -2.21. The molecule has 0 fully saturated rings. The molecule has 0 saturated heterocycles. The highest BCUT2D eigenvalue weighted by Gasteiger charge is 2.41. The van der Waals surface area contributed by atoms with E-state index in [9.17, 15) is 9.90 Å². The number of nitrogens with zero attached hydrogens (tertiary/aromatic N) is 3. The van der Waals surface area contributed by atoms with Gasteiger partial charge >= 0.3 is 5.97 Å². The lowest BCUT2D eigenvalue weighted by molar-refractivity contribution is -0.143. The van der Waals surface area contributed by atoms with E-state index in [0.717, 1.165) is 11.1 Å². The summed E-state index contributed by atoms with van der Waals surface area (Å²) < 4.78 is 1.55. The highest BCUT2D eigenvalue weighted by Crippen LogP contribution is 2.30. The van der Waals surface area contributed by atoms with Crippen molar-refractivity contribution in [1.29, 1.82) is 0 Å². The van der Waals surface area contributed by atoms with Crippen LogP contribution in [0.3, 0.4) is 0 Å². The van der Waals surface area contributed by atoms with E-state index in [2.05, 4.69) is 10.3 Å². The third kappa shape index (κ3) is 2.42. The Bertz CT molecular complexity index is 623. The maximum atomic E-state index is 11.9. The van der Waals surface area contributed by atoms with Gasteiger partial charge in [0, 0.05) is 26.2 Å². The van der Waals surface area contributed by atoms with Gasteiger partial charge in [0.25, 0.3) is 0 Å². The van der Waals surface area contributed by atoms with Crippen molar-refractivity contribution < 1.29 is 9.90 Å². The molecule has 6 nitrogen and oxygen atoms in total. The maximum Gasteiger partial charge on any atom is 0.315 e. The molecule has 0 aliphatic heterocycles. The molecule has 1 aromatic carbocycles. The van der Waals surface area contributed by atoms with Crippen LogP contribution in [-0.4, -0.2) is 32.6 Å². The van der Waals surface area contributed by atoms with E-state index in [1.165, 1.54) is 0 Å². The molecule has 2 rings (SSSR count). The third-order valence-electron chi connectivity index (χ3n) is 3.55. The van der Waals surface area contributed by atoms with Crippen molar-refractivity contribution in [3.05, 3.63) is 47.3 Å². The predicted octanol–water partition coefficient (Wildman–Crippen LogP) is 0.647. The van der Waals surface area contributed by atoms with Gasteiger partial charge in [0.05, 0.1) is 5.69 Å². The van der Waals surface area contributed by atoms with Crippen molar-refractivity contribution in [3.63, 3.8) is 0 Å². The van der Waals surface area contributed by atoms with Crippen LogP contribution < -0.4 is 5.73 Å². The van der Waals surface area contributed by atoms with Crippen molar-refractivity contribution in [3.8, 4) is 0 Å². The number of rotatable bonds is 5. The van der Waals surface area contributed by atoms with E-state index < -0.39 is 11.4 Å².